The van der Waals surface area contributed by atoms with Crippen molar-refractivity contribution in [2.75, 3.05) is 24.9 Å². The van der Waals surface area contributed by atoms with Crippen LogP contribution in [0.3, 0.4) is 0 Å². The molecule has 0 unspecified atom stereocenters. The molecule has 140 valence electrons. The Morgan fingerprint density at radius 2 is 1.70 bits per heavy atom. The normalized spacial score (nSPS) is 10.4. The molecule has 2 aromatic carbocycles. The Bertz CT molecular complexity index is 939. The first-order chi connectivity index (χ1) is 13.0. The Balaban J connectivity index is 1.82. The minimum atomic E-state index is 0.453. The van der Waals surface area contributed by atoms with E-state index < -0.39 is 0 Å². The van der Waals surface area contributed by atoms with E-state index in [1.807, 2.05) is 38.1 Å². The van der Waals surface area contributed by atoms with Crippen molar-refractivity contribution in [1.82, 2.24) is 9.97 Å². The van der Waals surface area contributed by atoms with Gasteiger partial charge in [-0.25, -0.2) is 4.98 Å². The second kappa shape index (κ2) is 8.14. The molecule has 2 N–H and O–H groups in total. The molecule has 0 saturated heterocycles. The highest BCUT2D eigenvalue weighted by molar-refractivity contribution is 6.33. The minimum Gasteiger partial charge on any atom is -0.493 e. The Morgan fingerprint density at radius 3 is 2.41 bits per heavy atom. The lowest BCUT2D eigenvalue weighted by Gasteiger charge is -2.13. The molecule has 0 fully saturated rings. The van der Waals surface area contributed by atoms with Gasteiger partial charge < -0.3 is 20.1 Å². The number of hydrogen-bond acceptors (Lipinski definition) is 6. The number of ether oxygens (including phenoxy) is 2. The number of aryl methyl sites for hydroxylation is 2. The van der Waals surface area contributed by atoms with E-state index in [1.54, 1.807) is 26.5 Å². The third-order valence-corrected chi connectivity index (χ3v) is 4.28. The van der Waals surface area contributed by atoms with E-state index in [9.17, 15) is 0 Å². The van der Waals surface area contributed by atoms with Crippen LogP contribution in [0, 0.1) is 13.8 Å². The summed E-state index contributed by atoms with van der Waals surface area (Å²) >= 11 is 6.36. The largest absolute Gasteiger partial charge is 0.493 e. The molecule has 3 aromatic rings. The molecular formula is C20H21ClN4O2. The lowest BCUT2D eigenvalue weighted by atomic mass is 10.1. The maximum absolute atomic E-state index is 6.36. The lowest BCUT2D eigenvalue weighted by Crippen LogP contribution is -2.02. The standard InChI is InChI=1S/C20H21ClN4O2/c1-12-9-13(2)19(15(21)10-12)25-20-22-8-7-18(24-20)23-14-5-6-16(26-3)17(11-14)27-4/h5-11H,1-4H3,(H2,22,23,24,25). The van der Waals surface area contributed by atoms with Crippen LogP contribution in [0.5, 0.6) is 11.5 Å². The Morgan fingerprint density at radius 1 is 0.926 bits per heavy atom. The number of aromatic nitrogens is 2. The lowest BCUT2D eigenvalue weighted by molar-refractivity contribution is 0.355. The van der Waals surface area contributed by atoms with Gasteiger partial charge in [0, 0.05) is 18.0 Å². The number of benzene rings is 2. The summed E-state index contributed by atoms with van der Waals surface area (Å²) in [5.74, 6) is 2.39. The van der Waals surface area contributed by atoms with E-state index in [0.29, 0.717) is 28.3 Å². The highest BCUT2D eigenvalue weighted by atomic mass is 35.5. The fourth-order valence-electron chi connectivity index (χ4n) is 2.74. The molecule has 0 aliphatic carbocycles. The highest BCUT2D eigenvalue weighted by Crippen LogP contribution is 2.32. The van der Waals surface area contributed by atoms with Crippen molar-refractivity contribution in [3.63, 3.8) is 0 Å². The monoisotopic (exact) mass is 384 g/mol. The molecule has 0 saturated carbocycles. The van der Waals surface area contributed by atoms with Crippen molar-refractivity contribution in [3.05, 3.63) is 58.7 Å². The maximum atomic E-state index is 6.36. The molecule has 1 heterocycles. The molecule has 0 radical (unpaired) electrons. The molecule has 7 heteroatoms. The van der Waals surface area contributed by atoms with Crippen molar-refractivity contribution in [2.45, 2.75) is 13.8 Å². The first-order valence-electron chi connectivity index (χ1n) is 8.36. The quantitative estimate of drug-likeness (QED) is 0.604. The summed E-state index contributed by atoms with van der Waals surface area (Å²) in [5.41, 5.74) is 3.75. The predicted molar refractivity (Wildman–Crippen MR) is 109 cm³/mol. The number of nitrogens with one attached hydrogen (secondary N) is 2. The van der Waals surface area contributed by atoms with Gasteiger partial charge in [-0.3, -0.25) is 0 Å². The number of halogens is 1. The third-order valence-electron chi connectivity index (χ3n) is 3.98. The van der Waals surface area contributed by atoms with Gasteiger partial charge >= 0.3 is 0 Å². The number of nitrogens with zero attached hydrogens (tertiary/aromatic N) is 2. The van der Waals surface area contributed by atoms with Crippen LogP contribution < -0.4 is 20.1 Å². The van der Waals surface area contributed by atoms with Crippen molar-refractivity contribution >= 4 is 34.7 Å². The summed E-state index contributed by atoms with van der Waals surface area (Å²) < 4.78 is 10.6. The molecule has 0 bridgehead atoms. The van der Waals surface area contributed by atoms with Gasteiger partial charge in [0.25, 0.3) is 0 Å². The van der Waals surface area contributed by atoms with Gasteiger partial charge in [0.05, 0.1) is 24.9 Å². The summed E-state index contributed by atoms with van der Waals surface area (Å²) in [5, 5.41) is 7.06. The van der Waals surface area contributed by atoms with Gasteiger partial charge in [-0.2, -0.15) is 4.98 Å². The molecule has 6 nitrogen and oxygen atoms in total. The van der Waals surface area contributed by atoms with E-state index in [-0.39, 0.29) is 0 Å². The van der Waals surface area contributed by atoms with Crippen LogP contribution in [0.25, 0.3) is 0 Å². The van der Waals surface area contributed by atoms with Gasteiger partial charge in [0.1, 0.15) is 5.82 Å². The SMILES string of the molecule is COc1ccc(Nc2ccnc(Nc3c(C)cc(C)cc3Cl)n2)cc1OC. The molecule has 0 atom stereocenters. The zero-order chi connectivity index (χ0) is 19.4. The first kappa shape index (κ1) is 18.8. The molecule has 0 amide bonds. The van der Waals surface area contributed by atoms with Gasteiger partial charge in [0.15, 0.2) is 11.5 Å². The fourth-order valence-corrected chi connectivity index (χ4v) is 3.10. The van der Waals surface area contributed by atoms with Crippen molar-refractivity contribution in [1.29, 1.82) is 0 Å². The van der Waals surface area contributed by atoms with E-state index in [1.165, 1.54) is 0 Å². The Kier molecular flexibility index (Phi) is 5.66. The number of anilines is 4. The Labute approximate surface area is 163 Å². The van der Waals surface area contributed by atoms with Gasteiger partial charge in [-0.15, -0.1) is 0 Å². The van der Waals surface area contributed by atoms with Crippen LogP contribution in [0.1, 0.15) is 11.1 Å². The van der Waals surface area contributed by atoms with Gasteiger partial charge in [0.2, 0.25) is 5.95 Å². The van der Waals surface area contributed by atoms with Gasteiger partial charge in [-0.1, -0.05) is 17.7 Å². The number of methoxy groups -OCH3 is 2. The predicted octanol–water partition coefficient (Wildman–Crippen LogP) is 5.25. The second-order valence-corrected chi connectivity index (χ2v) is 6.43. The molecule has 0 spiro atoms. The molecule has 0 aliphatic heterocycles. The van der Waals surface area contributed by atoms with E-state index in [4.69, 9.17) is 21.1 Å². The van der Waals surface area contributed by atoms with Crippen molar-refractivity contribution in [2.24, 2.45) is 0 Å². The summed E-state index contributed by atoms with van der Waals surface area (Å²) in [6, 6.07) is 11.3. The van der Waals surface area contributed by atoms with Crippen LogP contribution >= 0.6 is 11.6 Å². The summed E-state index contributed by atoms with van der Waals surface area (Å²) in [7, 11) is 3.20. The molecule has 27 heavy (non-hydrogen) atoms. The summed E-state index contributed by atoms with van der Waals surface area (Å²) in [6.07, 6.45) is 1.68. The van der Waals surface area contributed by atoms with Crippen LogP contribution in [0.2, 0.25) is 5.02 Å². The molecule has 3 rings (SSSR count). The summed E-state index contributed by atoms with van der Waals surface area (Å²) in [6.45, 7) is 4.00. The first-order valence-corrected chi connectivity index (χ1v) is 8.74. The van der Waals surface area contributed by atoms with Crippen LogP contribution in [-0.4, -0.2) is 24.2 Å². The summed E-state index contributed by atoms with van der Waals surface area (Å²) in [4.78, 5) is 8.78. The second-order valence-electron chi connectivity index (χ2n) is 6.02. The van der Waals surface area contributed by atoms with Crippen LogP contribution in [-0.2, 0) is 0 Å². The Hall–Kier alpha value is -2.99. The molecule has 0 aliphatic rings. The smallest absolute Gasteiger partial charge is 0.229 e. The van der Waals surface area contributed by atoms with Crippen molar-refractivity contribution < 1.29 is 9.47 Å². The zero-order valence-corrected chi connectivity index (χ0v) is 16.4. The average Bonchev–Trinajstić information content (AvgIpc) is 2.65. The zero-order valence-electron chi connectivity index (χ0n) is 15.6. The highest BCUT2D eigenvalue weighted by Gasteiger charge is 2.09. The minimum absolute atomic E-state index is 0.453. The number of rotatable bonds is 6. The average molecular weight is 385 g/mol. The third kappa shape index (κ3) is 4.41. The van der Waals surface area contributed by atoms with E-state index in [0.717, 1.165) is 22.5 Å². The van der Waals surface area contributed by atoms with Crippen LogP contribution in [0.15, 0.2) is 42.6 Å². The van der Waals surface area contributed by atoms with Gasteiger partial charge in [-0.05, 0) is 49.2 Å². The molecular weight excluding hydrogens is 364 g/mol. The van der Waals surface area contributed by atoms with Crippen molar-refractivity contribution in [3.8, 4) is 11.5 Å². The fraction of sp³-hybridized carbons (Fsp3) is 0.200. The molecule has 1 aromatic heterocycles. The maximum Gasteiger partial charge on any atom is 0.229 e. The topological polar surface area (TPSA) is 68.3 Å². The van der Waals surface area contributed by atoms with Crippen LogP contribution in [0.4, 0.5) is 23.1 Å². The number of hydrogen-bond donors (Lipinski definition) is 2. The van der Waals surface area contributed by atoms with E-state index >= 15 is 0 Å². The van der Waals surface area contributed by atoms with E-state index in [2.05, 4.69) is 26.7 Å².